The molecule has 1 aromatic rings. The second-order valence-electron chi connectivity index (χ2n) is 13.5. The maximum atomic E-state index is 12.7. The van der Waals surface area contributed by atoms with Crippen LogP contribution in [-0.4, -0.2) is 57.2 Å². The Balaban J connectivity index is 1.60. The lowest BCUT2D eigenvalue weighted by atomic mass is 9.67. The minimum Gasteiger partial charge on any atom is -0.444 e. The highest BCUT2D eigenvalue weighted by Gasteiger charge is 2.48. The smallest absolute Gasteiger partial charge is 0.410 e. The minimum atomic E-state index is -1.83. The Labute approximate surface area is 213 Å². The highest BCUT2D eigenvalue weighted by molar-refractivity contribution is 6.74. The van der Waals surface area contributed by atoms with Crippen LogP contribution in [0.4, 0.5) is 4.79 Å². The molecule has 4 rings (SSSR count). The third kappa shape index (κ3) is 5.25. The summed E-state index contributed by atoms with van der Waals surface area (Å²) < 4.78 is 12.4. The summed E-state index contributed by atoms with van der Waals surface area (Å²) >= 11 is 0. The lowest BCUT2D eigenvalue weighted by molar-refractivity contribution is 0.0144. The zero-order valence-electron chi connectivity index (χ0n) is 23.4. The van der Waals surface area contributed by atoms with E-state index in [2.05, 4.69) is 64.3 Å². The van der Waals surface area contributed by atoms with Gasteiger partial charge in [0.25, 0.3) is 0 Å². The van der Waals surface area contributed by atoms with Crippen LogP contribution in [0.5, 0.6) is 0 Å². The molecular formula is C29H46N2O3Si. The van der Waals surface area contributed by atoms with Crippen molar-refractivity contribution in [3.05, 3.63) is 40.5 Å². The maximum absolute atomic E-state index is 12.7. The van der Waals surface area contributed by atoms with Crippen LogP contribution in [0.15, 0.2) is 23.8 Å². The molecule has 1 amide bonds. The summed E-state index contributed by atoms with van der Waals surface area (Å²) in [5.74, 6) is 0. The molecule has 2 aliphatic heterocycles. The molecule has 194 valence electrons. The van der Waals surface area contributed by atoms with Crippen LogP contribution in [0.3, 0.4) is 0 Å². The summed E-state index contributed by atoms with van der Waals surface area (Å²) in [6, 6.07) is 7.21. The number of rotatable bonds is 3. The zero-order chi connectivity index (χ0) is 25.8. The first kappa shape index (κ1) is 26.4. The van der Waals surface area contributed by atoms with Gasteiger partial charge in [0.15, 0.2) is 8.32 Å². The number of ether oxygens (including phenoxy) is 1. The molecule has 0 aromatic heterocycles. The summed E-state index contributed by atoms with van der Waals surface area (Å²) in [4.78, 5) is 14.6. The van der Waals surface area contributed by atoms with E-state index in [1.54, 1.807) is 5.57 Å². The molecule has 6 heteroatoms. The summed E-state index contributed by atoms with van der Waals surface area (Å²) in [5, 5.41) is 4.11. The molecule has 1 spiro atoms. The van der Waals surface area contributed by atoms with Crippen molar-refractivity contribution in [2.45, 2.75) is 97.5 Å². The van der Waals surface area contributed by atoms with Gasteiger partial charge >= 0.3 is 6.09 Å². The van der Waals surface area contributed by atoms with E-state index >= 15 is 0 Å². The number of benzene rings is 1. The minimum absolute atomic E-state index is 0.0574. The number of hydrogen-bond donors (Lipinski definition) is 1. The SMILES string of the molecule is Cc1ccc2c(c1)CC1=C2C2(CCN(C(=O)OC(C)(C)C)CC2)CN[C@H]1CO[Si](C)(C)C(C)(C)C. The lowest BCUT2D eigenvalue weighted by Gasteiger charge is -2.48. The van der Waals surface area contributed by atoms with E-state index in [4.69, 9.17) is 9.16 Å². The van der Waals surface area contributed by atoms with Gasteiger partial charge in [-0.1, -0.05) is 44.5 Å². The van der Waals surface area contributed by atoms with Crippen LogP contribution in [0.2, 0.25) is 18.1 Å². The first-order valence-corrected chi connectivity index (χ1v) is 16.2. The number of nitrogens with zero attached hydrogens (tertiary/aromatic N) is 1. The summed E-state index contributed by atoms with van der Waals surface area (Å²) in [6.45, 7) is 22.7. The molecule has 3 aliphatic rings. The standard InChI is InChI=1S/C29H46N2O3Si/c1-20-10-11-22-21(16-20)17-23-24(18-33-35(8,9)28(5,6)7)30-19-29(25(22)23)12-14-31(15-13-29)26(32)34-27(2,3)4/h10-11,16,24,30H,12-15,17-19H2,1-9H3/t24-/m0/s1. The van der Waals surface area contributed by atoms with Crippen molar-refractivity contribution in [1.29, 1.82) is 0 Å². The van der Waals surface area contributed by atoms with Crippen molar-refractivity contribution in [2.24, 2.45) is 5.41 Å². The van der Waals surface area contributed by atoms with Gasteiger partial charge in [0.2, 0.25) is 0 Å². The molecule has 2 heterocycles. The molecule has 0 unspecified atom stereocenters. The third-order valence-electron chi connectivity index (χ3n) is 8.66. The van der Waals surface area contributed by atoms with Gasteiger partial charge in [-0.15, -0.1) is 0 Å². The van der Waals surface area contributed by atoms with E-state index < -0.39 is 13.9 Å². The Bertz CT molecular complexity index is 1010. The molecule has 1 aliphatic carbocycles. The van der Waals surface area contributed by atoms with Gasteiger partial charge in [-0.2, -0.15) is 0 Å². The first-order chi connectivity index (χ1) is 16.1. The van der Waals surface area contributed by atoms with E-state index in [0.29, 0.717) is 0 Å². The molecule has 0 bridgehead atoms. The number of carbonyl (C=O) groups excluding carboxylic acids is 1. The van der Waals surface area contributed by atoms with E-state index in [1.807, 2.05) is 25.7 Å². The second-order valence-corrected chi connectivity index (χ2v) is 18.3. The Morgan fingerprint density at radius 2 is 1.80 bits per heavy atom. The topological polar surface area (TPSA) is 50.8 Å². The largest absolute Gasteiger partial charge is 0.444 e. The molecule has 1 N–H and O–H groups in total. The molecule has 1 fully saturated rings. The summed E-state index contributed by atoms with van der Waals surface area (Å²) in [5.41, 5.74) is 6.84. The Morgan fingerprint density at radius 3 is 2.40 bits per heavy atom. The molecule has 5 nitrogen and oxygen atoms in total. The lowest BCUT2D eigenvalue weighted by Crippen LogP contribution is -2.54. The fourth-order valence-corrected chi connectivity index (χ4v) is 6.59. The predicted octanol–water partition coefficient (Wildman–Crippen LogP) is 6.32. The highest BCUT2D eigenvalue weighted by atomic mass is 28.4. The molecule has 0 saturated carbocycles. The second kappa shape index (κ2) is 9.04. The number of amides is 1. The molecule has 35 heavy (non-hydrogen) atoms. The quantitative estimate of drug-likeness (QED) is 0.496. The fraction of sp³-hybridized carbons (Fsp3) is 0.690. The fourth-order valence-electron chi connectivity index (χ4n) is 5.57. The Kier molecular flexibility index (Phi) is 6.82. The van der Waals surface area contributed by atoms with E-state index in [1.165, 1.54) is 22.3 Å². The number of likely N-dealkylation sites (tertiary alicyclic amines) is 1. The van der Waals surface area contributed by atoms with Crippen LogP contribution in [0.1, 0.15) is 71.1 Å². The van der Waals surface area contributed by atoms with Gasteiger partial charge in [-0.25, -0.2) is 4.79 Å². The van der Waals surface area contributed by atoms with Crippen molar-refractivity contribution in [3.63, 3.8) is 0 Å². The summed E-state index contributed by atoms with van der Waals surface area (Å²) in [7, 11) is -1.83. The van der Waals surface area contributed by atoms with E-state index in [0.717, 1.165) is 45.5 Å². The van der Waals surface area contributed by atoms with Crippen LogP contribution in [0, 0.1) is 12.3 Å². The monoisotopic (exact) mass is 498 g/mol. The van der Waals surface area contributed by atoms with Crippen LogP contribution >= 0.6 is 0 Å². The van der Waals surface area contributed by atoms with Crippen molar-refractivity contribution in [1.82, 2.24) is 10.2 Å². The molecule has 0 radical (unpaired) electrons. The molecule has 1 atom stereocenters. The number of carbonyl (C=O) groups is 1. The van der Waals surface area contributed by atoms with E-state index in [9.17, 15) is 4.79 Å². The van der Waals surface area contributed by atoms with Crippen LogP contribution < -0.4 is 5.32 Å². The van der Waals surface area contributed by atoms with Crippen LogP contribution in [0.25, 0.3) is 5.57 Å². The van der Waals surface area contributed by atoms with Gasteiger partial charge in [-0.05, 0) is 87.4 Å². The van der Waals surface area contributed by atoms with Crippen molar-refractivity contribution >= 4 is 20.0 Å². The van der Waals surface area contributed by atoms with Gasteiger partial charge in [0.1, 0.15) is 5.60 Å². The Hall–Kier alpha value is -1.63. The number of hydrogen-bond acceptors (Lipinski definition) is 4. The normalized spacial score (nSPS) is 22.3. The van der Waals surface area contributed by atoms with Crippen molar-refractivity contribution in [3.8, 4) is 0 Å². The van der Waals surface area contributed by atoms with Gasteiger partial charge in [0, 0.05) is 25.0 Å². The molecular weight excluding hydrogens is 452 g/mol. The Morgan fingerprint density at radius 1 is 1.14 bits per heavy atom. The van der Waals surface area contributed by atoms with Crippen LogP contribution in [-0.2, 0) is 15.6 Å². The number of piperidine rings is 1. The van der Waals surface area contributed by atoms with Gasteiger partial charge < -0.3 is 19.4 Å². The number of nitrogens with one attached hydrogen (secondary N) is 1. The van der Waals surface area contributed by atoms with Gasteiger partial charge in [0.05, 0.1) is 12.6 Å². The average molecular weight is 499 g/mol. The van der Waals surface area contributed by atoms with Gasteiger partial charge in [-0.3, -0.25) is 0 Å². The van der Waals surface area contributed by atoms with E-state index in [-0.39, 0.29) is 22.6 Å². The molecule has 1 aromatic carbocycles. The van der Waals surface area contributed by atoms with Crippen molar-refractivity contribution < 1.29 is 14.0 Å². The number of aryl methyl sites for hydroxylation is 1. The van der Waals surface area contributed by atoms with Crippen molar-refractivity contribution in [2.75, 3.05) is 26.2 Å². The maximum Gasteiger partial charge on any atom is 0.410 e. The third-order valence-corrected chi connectivity index (χ3v) is 13.2. The predicted molar refractivity (Wildman–Crippen MR) is 146 cm³/mol. The first-order valence-electron chi connectivity index (χ1n) is 13.3. The average Bonchev–Trinajstić information content (AvgIpc) is 3.11. The molecule has 1 saturated heterocycles. The summed E-state index contributed by atoms with van der Waals surface area (Å²) in [6.07, 6.45) is 2.73. The zero-order valence-corrected chi connectivity index (χ0v) is 24.4. The number of fused-ring (bicyclic) bond motifs is 3. The highest BCUT2D eigenvalue weighted by Crippen LogP contribution is 2.53.